The Bertz CT molecular complexity index is 1170. The van der Waals surface area contributed by atoms with E-state index >= 15 is 0 Å². The van der Waals surface area contributed by atoms with Crippen molar-refractivity contribution in [2.45, 2.75) is 51.1 Å². The van der Waals surface area contributed by atoms with Gasteiger partial charge >= 0.3 is 0 Å². The summed E-state index contributed by atoms with van der Waals surface area (Å²) in [5.74, 6) is 0.0497. The first-order valence-corrected chi connectivity index (χ1v) is 12.4. The molecule has 0 fully saturated rings. The van der Waals surface area contributed by atoms with Gasteiger partial charge in [-0.05, 0) is 43.0 Å². The molecule has 0 saturated carbocycles. The minimum atomic E-state index is -4.01. The maximum absolute atomic E-state index is 13.2. The van der Waals surface area contributed by atoms with E-state index in [1.807, 2.05) is 6.92 Å². The molecule has 34 heavy (non-hydrogen) atoms. The van der Waals surface area contributed by atoms with Crippen molar-refractivity contribution in [2.24, 2.45) is 5.92 Å². The van der Waals surface area contributed by atoms with Crippen LogP contribution in [0.15, 0.2) is 41.3 Å². The molecule has 0 aromatic heterocycles. The number of sulfonamides is 1. The average molecular weight is 490 g/mol. The first kappa shape index (κ1) is 25.5. The van der Waals surface area contributed by atoms with Crippen molar-refractivity contribution in [2.75, 3.05) is 24.4 Å². The predicted octanol–water partition coefficient (Wildman–Crippen LogP) is 2.94. The highest BCUT2D eigenvalue weighted by Crippen LogP contribution is 2.34. The van der Waals surface area contributed by atoms with Crippen LogP contribution in [0.3, 0.4) is 0 Å². The molecule has 1 aliphatic rings. The van der Waals surface area contributed by atoms with Crippen LogP contribution in [-0.2, 0) is 26.0 Å². The first-order valence-electron chi connectivity index (χ1n) is 11.0. The largest absolute Gasteiger partial charge is 0.497 e. The standard InChI is InChI=1S/C24H31N3O6S/c1-14(2)23(24(29)25-18-11-19(32-5)13-20(12-18)33-6)26-34(30,31)21-7-8-22-17(10-21)9-15(3)27(22)16(4)28/h7-8,10-15,23,26H,9H2,1-6H3,(H,25,29)/t15-,23+/m0/s1. The predicted molar refractivity (Wildman–Crippen MR) is 130 cm³/mol. The number of hydrogen-bond acceptors (Lipinski definition) is 6. The Morgan fingerprint density at radius 2 is 1.68 bits per heavy atom. The summed E-state index contributed by atoms with van der Waals surface area (Å²) in [5.41, 5.74) is 1.91. The summed E-state index contributed by atoms with van der Waals surface area (Å²) in [4.78, 5) is 26.7. The number of nitrogens with zero attached hydrogens (tertiary/aromatic N) is 1. The Morgan fingerprint density at radius 1 is 1.06 bits per heavy atom. The van der Waals surface area contributed by atoms with Crippen LogP contribution in [0.25, 0.3) is 0 Å². The van der Waals surface area contributed by atoms with Gasteiger partial charge in [0.1, 0.15) is 17.5 Å². The minimum absolute atomic E-state index is 0.0466. The van der Waals surface area contributed by atoms with Crippen molar-refractivity contribution in [3.8, 4) is 11.5 Å². The van der Waals surface area contributed by atoms with Crippen molar-refractivity contribution in [1.29, 1.82) is 0 Å². The Labute approximate surface area is 200 Å². The average Bonchev–Trinajstić information content (AvgIpc) is 3.11. The zero-order valence-corrected chi connectivity index (χ0v) is 21.0. The zero-order chi connectivity index (χ0) is 25.2. The Balaban J connectivity index is 1.84. The van der Waals surface area contributed by atoms with Gasteiger partial charge < -0.3 is 19.7 Å². The number of anilines is 2. The summed E-state index contributed by atoms with van der Waals surface area (Å²) in [6.07, 6.45) is 0.560. The summed E-state index contributed by atoms with van der Waals surface area (Å²) in [6.45, 7) is 6.92. The van der Waals surface area contributed by atoms with Gasteiger partial charge in [-0.15, -0.1) is 0 Å². The van der Waals surface area contributed by atoms with Crippen LogP contribution in [0, 0.1) is 5.92 Å². The number of carbonyl (C=O) groups is 2. The van der Waals surface area contributed by atoms with E-state index in [2.05, 4.69) is 10.0 Å². The molecule has 9 nitrogen and oxygen atoms in total. The number of carbonyl (C=O) groups excluding carboxylic acids is 2. The van der Waals surface area contributed by atoms with Crippen LogP contribution >= 0.6 is 0 Å². The number of rotatable bonds is 8. The van der Waals surface area contributed by atoms with E-state index in [9.17, 15) is 18.0 Å². The third kappa shape index (κ3) is 5.34. The fourth-order valence-electron chi connectivity index (χ4n) is 4.08. The van der Waals surface area contributed by atoms with Crippen LogP contribution in [0.2, 0.25) is 0 Å². The summed E-state index contributed by atoms with van der Waals surface area (Å²) >= 11 is 0. The molecule has 0 aliphatic carbocycles. The van der Waals surface area contributed by atoms with Crippen molar-refractivity contribution in [3.05, 3.63) is 42.0 Å². The second-order valence-corrected chi connectivity index (χ2v) is 10.4. The molecule has 2 atom stereocenters. The highest BCUT2D eigenvalue weighted by Gasteiger charge is 2.32. The third-order valence-corrected chi connectivity index (χ3v) is 7.21. The second kappa shape index (κ2) is 10.0. The van der Waals surface area contributed by atoms with Crippen LogP contribution in [0.5, 0.6) is 11.5 Å². The molecule has 3 rings (SSSR count). The minimum Gasteiger partial charge on any atom is -0.497 e. The Kier molecular flexibility index (Phi) is 7.52. The first-order chi connectivity index (χ1) is 16.0. The smallest absolute Gasteiger partial charge is 0.242 e. The highest BCUT2D eigenvalue weighted by molar-refractivity contribution is 7.89. The lowest BCUT2D eigenvalue weighted by Gasteiger charge is -2.22. The van der Waals surface area contributed by atoms with E-state index in [1.54, 1.807) is 49.1 Å². The summed E-state index contributed by atoms with van der Waals surface area (Å²) in [7, 11) is -1.01. The van der Waals surface area contributed by atoms with E-state index < -0.39 is 22.0 Å². The lowest BCUT2D eigenvalue weighted by Crippen LogP contribution is -2.47. The van der Waals surface area contributed by atoms with E-state index in [0.717, 1.165) is 5.56 Å². The van der Waals surface area contributed by atoms with Gasteiger partial charge in [0, 0.05) is 42.5 Å². The Hall–Kier alpha value is -3.11. The molecule has 2 N–H and O–H groups in total. The van der Waals surface area contributed by atoms with Gasteiger partial charge in [-0.2, -0.15) is 4.72 Å². The molecular weight excluding hydrogens is 458 g/mol. The van der Waals surface area contributed by atoms with E-state index in [0.29, 0.717) is 29.3 Å². The molecule has 2 aromatic rings. The second-order valence-electron chi connectivity index (χ2n) is 8.67. The molecule has 1 heterocycles. The molecule has 0 radical (unpaired) electrons. The van der Waals surface area contributed by atoms with Crippen molar-refractivity contribution >= 4 is 33.2 Å². The fourth-order valence-corrected chi connectivity index (χ4v) is 5.48. The molecule has 0 bridgehead atoms. The quantitative estimate of drug-likeness (QED) is 0.589. The number of benzene rings is 2. The fraction of sp³-hybridized carbons (Fsp3) is 0.417. The maximum atomic E-state index is 13.2. The van der Waals surface area contributed by atoms with Gasteiger partial charge in [-0.25, -0.2) is 8.42 Å². The number of nitrogens with one attached hydrogen (secondary N) is 2. The van der Waals surface area contributed by atoms with Crippen LogP contribution in [0.4, 0.5) is 11.4 Å². The summed E-state index contributed by atoms with van der Waals surface area (Å²) in [6, 6.07) is 8.50. The molecule has 10 heteroatoms. The topological polar surface area (TPSA) is 114 Å². The van der Waals surface area contributed by atoms with E-state index in [4.69, 9.17) is 9.47 Å². The normalized spacial score (nSPS) is 16.2. The van der Waals surface area contributed by atoms with Crippen LogP contribution < -0.4 is 24.4 Å². The molecular formula is C24H31N3O6S. The molecule has 0 saturated heterocycles. The van der Waals surface area contributed by atoms with Gasteiger partial charge in [0.2, 0.25) is 21.8 Å². The zero-order valence-electron chi connectivity index (χ0n) is 20.2. The summed E-state index contributed by atoms with van der Waals surface area (Å²) in [5, 5.41) is 2.74. The summed E-state index contributed by atoms with van der Waals surface area (Å²) < 4.78 is 39.4. The highest BCUT2D eigenvalue weighted by atomic mass is 32.2. The molecule has 2 aromatic carbocycles. The number of ether oxygens (including phenoxy) is 2. The van der Waals surface area contributed by atoms with Crippen LogP contribution in [-0.4, -0.2) is 46.5 Å². The number of fused-ring (bicyclic) bond motifs is 1. The SMILES string of the molecule is COc1cc(NC(=O)[C@H](NS(=O)(=O)c2ccc3c(c2)C[C@H](C)N3C(C)=O)C(C)C)cc(OC)c1. The van der Waals surface area contributed by atoms with Crippen molar-refractivity contribution in [1.82, 2.24) is 4.72 Å². The van der Waals surface area contributed by atoms with Crippen LogP contribution in [0.1, 0.15) is 33.3 Å². The van der Waals surface area contributed by atoms with Crippen molar-refractivity contribution in [3.63, 3.8) is 0 Å². The lowest BCUT2D eigenvalue weighted by atomic mass is 10.0. The van der Waals surface area contributed by atoms with Gasteiger partial charge in [0.15, 0.2) is 0 Å². The number of amides is 2. The Morgan fingerprint density at radius 3 is 2.21 bits per heavy atom. The molecule has 1 aliphatic heterocycles. The van der Waals surface area contributed by atoms with Gasteiger partial charge in [0.05, 0.1) is 19.1 Å². The van der Waals surface area contributed by atoms with E-state index in [-0.39, 0.29) is 22.8 Å². The maximum Gasteiger partial charge on any atom is 0.242 e. The lowest BCUT2D eigenvalue weighted by molar-refractivity contribution is -0.118. The van der Waals surface area contributed by atoms with Crippen molar-refractivity contribution < 1.29 is 27.5 Å². The molecule has 0 spiro atoms. The monoisotopic (exact) mass is 489 g/mol. The third-order valence-electron chi connectivity index (χ3n) is 5.77. The van der Waals surface area contributed by atoms with E-state index in [1.165, 1.54) is 27.2 Å². The van der Waals surface area contributed by atoms with Gasteiger partial charge in [-0.3, -0.25) is 9.59 Å². The molecule has 2 amide bonds. The number of methoxy groups -OCH3 is 2. The van der Waals surface area contributed by atoms with Gasteiger partial charge in [-0.1, -0.05) is 13.8 Å². The number of hydrogen-bond donors (Lipinski definition) is 2. The van der Waals surface area contributed by atoms with Gasteiger partial charge in [0.25, 0.3) is 0 Å². The molecule has 184 valence electrons. The molecule has 0 unspecified atom stereocenters.